The highest BCUT2D eigenvalue weighted by molar-refractivity contribution is 5.91. The van der Waals surface area contributed by atoms with E-state index in [-0.39, 0.29) is 6.61 Å². The third kappa shape index (κ3) is 6.92. The van der Waals surface area contributed by atoms with E-state index in [1.165, 1.54) is 7.11 Å². The van der Waals surface area contributed by atoms with Crippen LogP contribution < -0.4 is 0 Å². The van der Waals surface area contributed by atoms with Crippen LogP contribution in [0.15, 0.2) is 12.2 Å². The lowest BCUT2D eigenvalue weighted by Gasteiger charge is -1.98. The molecule has 0 saturated heterocycles. The molecule has 0 atom stereocenters. The summed E-state index contributed by atoms with van der Waals surface area (Å²) in [7, 11) is 1.23. The smallest absolute Gasteiger partial charge is 0.331 e. The van der Waals surface area contributed by atoms with Gasteiger partial charge in [0.2, 0.25) is 0 Å². The number of rotatable bonds is 5. The van der Waals surface area contributed by atoms with E-state index >= 15 is 0 Å². The second-order valence-electron chi connectivity index (χ2n) is 2.33. The van der Waals surface area contributed by atoms with Crippen molar-refractivity contribution in [3.05, 3.63) is 12.2 Å². The third-order valence-corrected chi connectivity index (χ3v) is 1.27. The molecule has 0 aromatic carbocycles. The summed E-state index contributed by atoms with van der Waals surface area (Å²) in [4.78, 5) is 21.4. The van der Waals surface area contributed by atoms with Gasteiger partial charge in [-0.05, 0) is 6.42 Å². The number of terminal acetylenes is 1. The number of carbonyl (C=O) groups excluding carboxylic acids is 2. The Labute approximate surface area is 82.9 Å². The molecule has 76 valence electrons. The van der Waals surface area contributed by atoms with Gasteiger partial charge in [0.1, 0.15) is 0 Å². The minimum Gasteiger partial charge on any atom is -0.466 e. The summed E-state index contributed by atoms with van der Waals surface area (Å²) in [5, 5.41) is 0. The average Bonchev–Trinajstić information content (AvgIpc) is 2.21. The standard InChI is InChI=1S/C10H12O4/c1-3-4-5-8-14-10(12)7-6-9(11)13-2/h1,6-7H,4-5,8H2,2H3/b7-6+. The quantitative estimate of drug-likeness (QED) is 0.281. The van der Waals surface area contributed by atoms with Gasteiger partial charge in [0.05, 0.1) is 13.7 Å². The van der Waals surface area contributed by atoms with Gasteiger partial charge in [-0.15, -0.1) is 12.3 Å². The predicted molar refractivity (Wildman–Crippen MR) is 50.2 cm³/mol. The van der Waals surface area contributed by atoms with Gasteiger partial charge in [0.25, 0.3) is 0 Å². The first-order valence-electron chi connectivity index (χ1n) is 4.07. The van der Waals surface area contributed by atoms with E-state index in [2.05, 4.69) is 10.7 Å². The molecule has 0 aliphatic rings. The molecule has 0 spiro atoms. The van der Waals surface area contributed by atoms with Crippen molar-refractivity contribution in [2.24, 2.45) is 0 Å². The molecule has 0 saturated carbocycles. The van der Waals surface area contributed by atoms with Crippen LogP contribution in [0.4, 0.5) is 0 Å². The Morgan fingerprint density at radius 2 is 2.00 bits per heavy atom. The molecule has 0 unspecified atom stereocenters. The number of esters is 2. The van der Waals surface area contributed by atoms with E-state index in [9.17, 15) is 9.59 Å². The van der Waals surface area contributed by atoms with Crippen LogP contribution in [0, 0.1) is 12.3 Å². The van der Waals surface area contributed by atoms with Crippen LogP contribution in [0.1, 0.15) is 12.8 Å². The van der Waals surface area contributed by atoms with Gasteiger partial charge >= 0.3 is 11.9 Å². The van der Waals surface area contributed by atoms with Crippen molar-refractivity contribution in [1.29, 1.82) is 0 Å². The van der Waals surface area contributed by atoms with Crippen molar-refractivity contribution in [1.82, 2.24) is 0 Å². The van der Waals surface area contributed by atoms with Crippen molar-refractivity contribution < 1.29 is 19.1 Å². The lowest BCUT2D eigenvalue weighted by Crippen LogP contribution is -2.03. The molecule has 0 aromatic rings. The SMILES string of the molecule is C#CCCCOC(=O)/C=C/C(=O)OC. The fraction of sp³-hybridized carbons (Fsp3) is 0.400. The maximum Gasteiger partial charge on any atom is 0.331 e. The summed E-state index contributed by atoms with van der Waals surface area (Å²) < 4.78 is 8.99. The highest BCUT2D eigenvalue weighted by Crippen LogP contribution is 1.90. The zero-order valence-corrected chi connectivity index (χ0v) is 7.99. The van der Waals surface area contributed by atoms with Crippen LogP contribution in [-0.4, -0.2) is 25.7 Å². The first-order chi connectivity index (χ1) is 6.70. The Kier molecular flexibility index (Phi) is 6.88. The molecule has 0 N–H and O–H groups in total. The maximum absolute atomic E-state index is 10.9. The van der Waals surface area contributed by atoms with Crippen LogP contribution in [0.2, 0.25) is 0 Å². The molecular formula is C10H12O4. The fourth-order valence-corrected chi connectivity index (χ4v) is 0.599. The molecule has 0 bridgehead atoms. The van der Waals surface area contributed by atoms with E-state index in [0.29, 0.717) is 12.8 Å². The van der Waals surface area contributed by atoms with Crippen LogP contribution in [0.5, 0.6) is 0 Å². The summed E-state index contributed by atoms with van der Waals surface area (Å²) in [6.07, 6.45) is 8.20. The average molecular weight is 196 g/mol. The van der Waals surface area contributed by atoms with Gasteiger partial charge in [-0.3, -0.25) is 0 Å². The number of hydrogen-bond acceptors (Lipinski definition) is 4. The molecule has 0 aliphatic carbocycles. The Morgan fingerprint density at radius 1 is 1.36 bits per heavy atom. The number of unbranched alkanes of at least 4 members (excludes halogenated alkanes) is 1. The lowest BCUT2D eigenvalue weighted by atomic mass is 10.3. The van der Waals surface area contributed by atoms with E-state index in [1.807, 2.05) is 0 Å². The zero-order chi connectivity index (χ0) is 10.8. The van der Waals surface area contributed by atoms with Crippen LogP contribution in [-0.2, 0) is 19.1 Å². The molecule has 0 aromatic heterocycles. The summed E-state index contributed by atoms with van der Waals surface area (Å²) in [5.41, 5.74) is 0. The normalized spacial score (nSPS) is 9.43. The van der Waals surface area contributed by atoms with Crippen LogP contribution >= 0.6 is 0 Å². The zero-order valence-electron chi connectivity index (χ0n) is 7.99. The van der Waals surface area contributed by atoms with Gasteiger partial charge in [-0.1, -0.05) is 0 Å². The largest absolute Gasteiger partial charge is 0.466 e. The highest BCUT2D eigenvalue weighted by Gasteiger charge is 1.98. The monoisotopic (exact) mass is 196 g/mol. The van der Waals surface area contributed by atoms with Crippen molar-refractivity contribution in [3.8, 4) is 12.3 Å². The van der Waals surface area contributed by atoms with E-state index in [0.717, 1.165) is 12.2 Å². The topological polar surface area (TPSA) is 52.6 Å². The maximum atomic E-state index is 10.9. The Bertz CT molecular complexity index is 260. The Hall–Kier alpha value is -1.76. The number of ether oxygens (including phenoxy) is 2. The summed E-state index contributed by atoms with van der Waals surface area (Å²) in [5.74, 6) is 1.25. The van der Waals surface area contributed by atoms with Crippen molar-refractivity contribution >= 4 is 11.9 Å². The third-order valence-electron chi connectivity index (χ3n) is 1.27. The highest BCUT2D eigenvalue weighted by atomic mass is 16.5. The van der Waals surface area contributed by atoms with E-state index in [1.54, 1.807) is 0 Å². The van der Waals surface area contributed by atoms with Gasteiger partial charge in [-0.2, -0.15) is 0 Å². The first kappa shape index (κ1) is 12.2. The number of carbonyl (C=O) groups is 2. The van der Waals surface area contributed by atoms with Gasteiger partial charge < -0.3 is 9.47 Å². The van der Waals surface area contributed by atoms with Crippen LogP contribution in [0.25, 0.3) is 0 Å². The molecule has 4 nitrogen and oxygen atoms in total. The minimum absolute atomic E-state index is 0.258. The molecule has 0 amide bonds. The second-order valence-corrected chi connectivity index (χ2v) is 2.33. The van der Waals surface area contributed by atoms with Gasteiger partial charge in [0.15, 0.2) is 0 Å². The predicted octanol–water partition coefficient (Wildman–Crippen LogP) is 0.672. The molecule has 0 radical (unpaired) electrons. The van der Waals surface area contributed by atoms with Gasteiger partial charge in [-0.25, -0.2) is 9.59 Å². The number of hydrogen-bond donors (Lipinski definition) is 0. The van der Waals surface area contributed by atoms with E-state index < -0.39 is 11.9 Å². The van der Waals surface area contributed by atoms with Crippen molar-refractivity contribution in [3.63, 3.8) is 0 Å². The molecule has 0 fully saturated rings. The Balaban J connectivity index is 3.61. The summed E-state index contributed by atoms with van der Waals surface area (Å²) >= 11 is 0. The van der Waals surface area contributed by atoms with E-state index in [4.69, 9.17) is 11.2 Å². The molecule has 4 heteroatoms. The molecule has 14 heavy (non-hydrogen) atoms. The van der Waals surface area contributed by atoms with Gasteiger partial charge in [0, 0.05) is 18.6 Å². The lowest BCUT2D eigenvalue weighted by molar-refractivity contribution is -0.139. The van der Waals surface area contributed by atoms with Crippen molar-refractivity contribution in [2.75, 3.05) is 13.7 Å². The molecular weight excluding hydrogens is 184 g/mol. The van der Waals surface area contributed by atoms with Crippen molar-refractivity contribution in [2.45, 2.75) is 12.8 Å². The second kappa shape index (κ2) is 7.87. The number of methoxy groups -OCH3 is 1. The molecule has 0 rings (SSSR count). The fourth-order valence-electron chi connectivity index (χ4n) is 0.599. The minimum atomic E-state index is -0.592. The summed E-state index contributed by atoms with van der Waals surface area (Å²) in [6.45, 7) is 0.258. The first-order valence-corrected chi connectivity index (χ1v) is 4.07. The Morgan fingerprint density at radius 3 is 2.57 bits per heavy atom. The molecule has 0 aliphatic heterocycles. The molecule has 0 heterocycles. The van der Waals surface area contributed by atoms with Crippen LogP contribution in [0.3, 0.4) is 0 Å². The summed E-state index contributed by atoms with van der Waals surface area (Å²) in [6, 6.07) is 0.